The molecule has 2 aliphatic carbocycles. The predicted octanol–water partition coefficient (Wildman–Crippen LogP) is 12.4. The molecule has 0 spiro atoms. The van der Waals surface area contributed by atoms with Gasteiger partial charge in [0.05, 0.1) is 0 Å². The maximum Gasteiger partial charge on any atom is 0.0355 e. The molecule has 0 aliphatic heterocycles. The highest BCUT2D eigenvalue weighted by molar-refractivity contribution is 7.25. The van der Waals surface area contributed by atoms with Gasteiger partial charge < -0.3 is 0 Å². The predicted molar refractivity (Wildman–Crippen MR) is 213 cm³/mol. The summed E-state index contributed by atoms with van der Waals surface area (Å²) in [5.41, 5.74) is 12.1. The Morgan fingerprint density at radius 2 is 1.21 bits per heavy atom. The Morgan fingerprint density at radius 3 is 1.96 bits per heavy atom. The van der Waals surface area contributed by atoms with Gasteiger partial charge in [-0.3, -0.25) is 0 Å². The number of fused-ring (bicyclic) bond motifs is 9. The number of hydrogen-bond donors (Lipinski definition) is 0. The quantitative estimate of drug-likeness (QED) is 0.178. The van der Waals surface area contributed by atoms with Gasteiger partial charge in [0.2, 0.25) is 0 Å². The molecule has 2 aliphatic rings. The van der Waals surface area contributed by atoms with Crippen molar-refractivity contribution in [3.63, 3.8) is 0 Å². The third kappa shape index (κ3) is 3.82. The minimum Gasteiger partial charge on any atom is -0.136 e. The Morgan fingerprint density at radius 1 is 0.583 bits per heavy atom. The molecule has 0 saturated carbocycles. The van der Waals surface area contributed by atoms with Crippen molar-refractivity contribution in [1.29, 1.82) is 0 Å². The molecule has 0 nitrogen and oxygen atoms in total. The summed E-state index contributed by atoms with van der Waals surface area (Å²) in [6.45, 7) is 11.1. The van der Waals surface area contributed by atoms with E-state index in [0.29, 0.717) is 0 Å². The molecule has 0 saturated heterocycles. The molecule has 0 amide bonds. The average molecular weight is 651 g/mol. The summed E-state index contributed by atoms with van der Waals surface area (Å²) in [5.74, 6) is 0. The van der Waals surface area contributed by atoms with Crippen LogP contribution < -0.4 is 10.4 Å². The van der Waals surface area contributed by atoms with Crippen molar-refractivity contribution in [1.82, 2.24) is 0 Å². The van der Waals surface area contributed by atoms with E-state index in [-0.39, 0.29) is 5.41 Å². The smallest absolute Gasteiger partial charge is 0.0355 e. The molecule has 0 fully saturated rings. The second-order valence-electron chi connectivity index (χ2n) is 14.0. The maximum atomic E-state index is 4.10. The van der Waals surface area contributed by atoms with E-state index in [1.54, 1.807) is 0 Å². The molecule has 2 aromatic heterocycles. The van der Waals surface area contributed by atoms with Crippen LogP contribution >= 0.6 is 22.7 Å². The van der Waals surface area contributed by atoms with Crippen molar-refractivity contribution in [2.24, 2.45) is 0 Å². The first-order chi connectivity index (χ1) is 23.4. The Kier molecular flexibility index (Phi) is 5.96. The normalized spacial score (nSPS) is 14.6. The molecule has 0 atom stereocenters. The van der Waals surface area contributed by atoms with Gasteiger partial charge >= 0.3 is 0 Å². The summed E-state index contributed by atoms with van der Waals surface area (Å²) in [6.07, 6.45) is 9.14. The van der Waals surface area contributed by atoms with E-state index in [9.17, 15) is 0 Å². The molecule has 0 bridgehead atoms. The summed E-state index contributed by atoms with van der Waals surface area (Å²) in [5, 5.41) is 9.48. The summed E-state index contributed by atoms with van der Waals surface area (Å²) in [7, 11) is 0. The first kappa shape index (κ1) is 28.3. The van der Waals surface area contributed by atoms with Crippen LogP contribution in [0.4, 0.5) is 0 Å². The second-order valence-corrected chi connectivity index (χ2v) is 16.2. The van der Waals surface area contributed by atoms with Gasteiger partial charge in [-0.25, -0.2) is 0 Å². The van der Waals surface area contributed by atoms with E-state index >= 15 is 0 Å². The highest BCUT2D eigenvalue weighted by Gasteiger charge is 2.36. The number of aryl methyl sites for hydroxylation is 1. The van der Waals surface area contributed by atoms with E-state index in [2.05, 4.69) is 137 Å². The fourth-order valence-corrected chi connectivity index (χ4v) is 10.8. The van der Waals surface area contributed by atoms with E-state index in [0.717, 1.165) is 12.8 Å². The fourth-order valence-electron chi connectivity index (χ4n) is 8.69. The molecule has 6 aromatic carbocycles. The van der Waals surface area contributed by atoms with Crippen LogP contribution in [0.15, 0.2) is 104 Å². The molecule has 8 aromatic rings. The zero-order valence-electron chi connectivity index (χ0n) is 27.4. The van der Waals surface area contributed by atoms with Gasteiger partial charge in [-0.15, -0.1) is 22.7 Å². The van der Waals surface area contributed by atoms with Gasteiger partial charge in [-0.05, 0) is 139 Å². The number of rotatable bonds is 3. The molecule has 2 heterocycles. The van der Waals surface area contributed by atoms with Crippen LogP contribution in [-0.4, -0.2) is 0 Å². The van der Waals surface area contributed by atoms with Gasteiger partial charge in [0.1, 0.15) is 0 Å². The molecule has 0 unspecified atom stereocenters. The molecule has 230 valence electrons. The molecule has 0 radical (unpaired) electrons. The average Bonchev–Trinajstić information content (AvgIpc) is 3.72. The van der Waals surface area contributed by atoms with Crippen LogP contribution in [0.1, 0.15) is 48.3 Å². The van der Waals surface area contributed by atoms with Gasteiger partial charge in [0.15, 0.2) is 0 Å². The molecular weight excluding hydrogens is 617 g/mol. The van der Waals surface area contributed by atoms with E-state index in [1.165, 1.54) is 106 Å². The second kappa shape index (κ2) is 10.1. The minimum absolute atomic E-state index is 0.0788. The van der Waals surface area contributed by atoms with E-state index in [1.807, 2.05) is 28.7 Å². The van der Waals surface area contributed by atoms with Crippen LogP contribution in [0.2, 0.25) is 0 Å². The lowest BCUT2D eigenvalue weighted by molar-refractivity contribution is 0.661. The zero-order chi connectivity index (χ0) is 32.3. The first-order valence-electron chi connectivity index (χ1n) is 16.9. The van der Waals surface area contributed by atoms with Crippen LogP contribution in [0.25, 0.3) is 92.6 Å². The molecule has 48 heavy (non-hydrogen) atoms. The Hall–Kier alpha value is -4.76. The number of thiophene rings is 2. The van der Waals surface area contributed by atoms with Crippen molar-refractivity contribution in [3.8, 4) is 33.4 Å². The maximum absolute atomic E-state index is 4.10. The summed E-state index contributed by atoms with van der Waals surface area (Å²) in [4.78, 5) is 1.26. The van der Waals surface area contributed by atoms with E-state index < -0.39 is 0 Å². The molecule has 10 rings (SSSR count). The van der Waals surface area contributed by atoms with E-state index in [4.69, 9.17) is 0 Å². The highest BCUT2D eigenvalue weighted by atomic mass is 32.1. The SMILES string of the molecule is C=Cc1sc2ccc(-c3c4c(c(-c5ccc6sc7ccccc7c6c5)c5cc6c(cc35)-c3ccccc3C6(C)C)=CCCC=4)cc2c1C. The van der Waals surface area contributed by atoms with Crippen molar-refractivity contribution >= 4 is 81.9 Å². The van der Waals surface area contributed by atoms with Crippen molar-refractivity contribution in [3.05, 3.63) is 136 Å². The lowest BCUT2D eigenvalue weighted by atomic mass is 9.79. The highest BCUT2D eigenvalue weighted by Crippen LogP contribution is 2.51. The number of hydrogen-bond acceptors (Lipinski definition) is 2. The van der Waals surface area contributed by atoms with Crippen LogP contribution in [0.3, 0.4) is 0 Å². The Bertz CT molecular complexity index is 2840. The minimum atomic E-state index is -0.0788. The summed E-state index contributed by atoms with van der Waals surface area (Å²) >= 11 is 3.73. The summed E-state index contributed by atoms with van der Waals surface area (Å²) in [6, 6.07) is 37.3. The number of benzene rings is 6. The van der Waals surface area contributed by atoms with Crippen LogP contribution in [0, 0.1) is 6.92 Å². The third-order valence-electron chi connectivity index (χ3n) is 11.1. The Balaban J connectivity index is 1.37. The van der Waals surface area contributed by atoms with Crippen LogP contribution in [0.5, 0.6) is 0 Å². The lowest BCUT2D eigenvalue weighted by Crippen LogP contribution is -2.31. The standard InChI is InChI=1S/C46H34S2/c1-5-40-26(2)33-22-27(18-20-42(33)47-40)44-31-14-6-7-15-32(31)45(28-19-21-43-35(23-28)30-13-9-11-17-41(30)48-43)37-25-39-34(24-36(37)44)29-12-8-10-16-38(29)46(39,3)4/h5,8-25H,1,6-7H2,2-4H3. The topological polar surface area (TPSA) is 0 Å². The van der Waals surface area contributed by atoms with Crippen LogP contribution in [-0.2, 0) is 5.41 Å². The zero-order valence-corrected chi connectivity index (χ0v) is 29.0. The van der Waals surface area contributed by atoms with Crippen molar-refractivity contribution < 1.29 is 0 Å². The van der Waals surface area contributed by atoms with Gasteiger partial charge in [0.25, 0.3) is 0 Å². The third-order valence-corrected chi connectivity index (χ3v) is 13.5. The monoisotopic (exact) mass is 650 g/mol. The first-order valence-corrected chi connectivity index (χ1v) is 18.6. The van der Waals surface area contributed by atoms with Gasteiger partial charge in [0, 0.05) is 35.2 Å². The molecule has 0 N–H and O–H groups in total. The Labute approximate surface area is 288 Å². The molecular formula is C46H34S2. The fraction of sp³-hybridized carbons (Fsp3) is 0.130. The van der Waals surface area contributed by atoms with Gasteiger partial charge in [-0.1, -0.05) is 93.3 Å². The van der Waals surface area contributed by atoms with Gasteiger partial charge in [-0.2, -0.15) is 0 Å². The largest absolute Gasteiger partial charge is 0.136 e. The van der Waals surface area contributed by atoms with Crippen molar-refractivity contribution in [2.75, 3.05) is 0 Å². The lowest BCUT2D eigenvalue weighted by Gasteiger charge is -2.24. The molecule has 2 heteroatoms. The summed E-state index contributed by atoms with van der Waals surface area (Å²) < 4.78 is 4.02. The van der Waals surface area contributed by atoms with Crippen molar-refractivity contribution in [2.45, 2.75) is 39.0 Å².